The third-order valence-corrected chi connectivity index (χ3v) is 6.78. The third kappa shape index (κ3) is 5.05. The Labute approximate surface area is 195 Å². The molecule has 0 amide bonds. The molecule has 1 aromatic heterocycles. The average molecular weight is 492 g/mol. The van der Waals surface area contributed by atoms with E-state index >= 15 is 0 Å². The Kier molecular flexibility index (Phi) is 7.14. The fraction of sp³-hybridized carbons (Fsp3) is 0.348. The van der Waals surface area contributed by atoms with Gasteiger partial charge in [0.05, 0.1) is 18.1 Å². The van der Waals surface area contributed by atoms with Crippen LogP contribution in [0.2, 0.25) is 0 Å². The van der Waals surface area contributed by atoms with Crippen LogP contribution >= 0.6 is 0 Å². The van der Waals surface area contributed by atoms with Crippen molar-refractivity contribution < 1.29 is 42.7 Å². The van der Waals surface area contributed by atoms with Crippen LogP contribution in [0, 0.1) is 6.92 Å². The predicted molar refractivity (Wildman–Crippen MR) is 119 cm³/mol. The molecule has 3 aromatic rings. The molecule has 1 saturated heterocycles. The van der Waals surface area contributed by atoms with E-state index < -0.39 is 47.3 Å². The summed E-state index contributed by atoms with van der Waals surface area (Å²) in [5.41, 5.74) is 1.31. The molecule has 4 rings (SSSR count). The Balaban J connectivity index is 1.70. The Morgan fingerprint density at radius 3 is 2.41 bits per heavy atom. The maximum absolute atomic E-state index is 12.9. The number of aliphatic hydroxyl groups excluding tert-OH is 4. The van der Waals surface area contributed by atoms with E-state index in [9.17, 15) is 28.8 Å². The molecule has 11 heteroatoms. The quantitative estimate of drug-likeness (QED) is 0.382. The largest absolute Gasteiger partial charge is 0.437 e. The number of hydrogen-bond donors (Lipinski definition) is 4. The zero-order chi connectivity index (χ0) is 24.5. The summed E-state index contributed by atoms with van der Waals surface area (Å²) in [6.45, 7) is 0.922. The average Bonchev–Trinajstić information content (AvgIpc) is 2.82. The molecule has 1 fully saturated rings. The molecular weight excluding hydrogens is 466 g/mol. The maximum Gasteiger partial charge on any atom is 0.285 e. The molecule has 0 radical (unpaired) electrons. The number of aryl methyl sites for hydroxylation is 1. The minimum Gasteiger partial charge on any atom is -0.437 e. The molecule has 0 bridgehead atoms. The molecule has 10 nitrogen and oxygen atoms in total. The Morgan fingerprint density at radius 1 is 1.00 bits per heavy atom. The second kappa shape index (κ2) is 9.92. The minimum absolute atomic E-state index is 0.0118. The molecule has 0 aliphatic carbocycles. The first-order chi connectivity index (χ1) is 16.2. The van der Waals surface area contributed by atoms with Crippen LogP contribution in [0.25, 0.3) is 11.0 Å². The Morgan fingerprint density at radius 2 is 1.71 bits per heavy atom. The standard InChI is InChI=1S/C23H25NO9S/c1-13-6-8-16(9-7-13)34(29,30)24-22-15(10-14-4-2-3-5-17(14)32-22)12-31-23-21(28)20(27)19(26)18(11-25)33-23/h2-10,18-21,23,25-28H,11-12H2,1H3/t18-,19+,20+,21-,23-/m1/s1. The lowest BCUT2D eigenvalue weighted by molar-refractivity contribution is -0.304. The van der Waals surface area contributed by atoms with Crippen LogP contribution in [0.4, 0.5) is 0 Å². The molecule has 0 saturated carbocycles. The summed E-state index contributed by atoms with van der Waals surface area (Å²) in [6, 6.07) is 14.8. The lowest BCUT2D eigenvalue weighted by Gasteiger charge is -2.39. The molecule has 0 spiro atoms. The van der Waals surface area contributed by atoms with Crippen LogP contribution in [-0.2, 0) is 26.1 Å². The van der Waals surface area contributed by atoms with Crippen LogP contribution in [0.5, 0.6) is 0 Å². The number of para-hydroxylation sites is 1. The highest BCUT2D eigenvalue weighted by Gasteiger charge is 2.44. The third-order valence-electron chi connectivity index (χ3n) is 5.50. The van der Waals surface area contributed by atoms with Crippen molar-refractivity contribution in [1.29, 1.82) is 0 Å². The smallest absolute Gasteiger partial charge is 0.285 e. The number of nitrogens with zero attached hydrogens (tertiary/aromatic N) is 1. The van der Waals surface area contributed by atoms with E-state index in [1.807, 2.05) is 6.92 Å². The van der Waals surface area contributed by atoms with E-state index in [2.05, 4.69) is 4.40 Å². The highest BCUT2D eigenvalue weighted by atomic mass is 32.2. The van der Waals surface area contributed by atoms with Gasteiger partial charge in [0.1, 0.15) is 30.0 Å². The SMILES string of the molecule is Cc1ccc(S(=O)(=O)N=c2oc3ccccc3cc2CO[C@@H]2O[C@H](CO)[C@H](O)[C@H](O)[C@H]2O)cc1. The normalized spacial score (nSPS) is 26.1. The van der Waals surface area contributed by atoms with Crippen LogP contribution in [0.3, 0.4) is 0 Å². The second-order valence-electron chi connectivity index (χ2n) is 8.00. The second-order valence-corrected chi connectivity index (χ2v) is 9.61. The molecule has 182 valence electrons. The number of rotatable bonds is 6. The molecule has 2 heterocycles. The van der Waals surface area contributed by atoms with Gasteiger partial charge in [-0.05, 0) is 31.2 Å². The maximum atomic E-state index is 12.9. The lowest BCUT2D eigenvalue weighted by Crippen LogP contribution is -2.59. The van der Waals surface area contributed by atoms with E-state index in [1.54, 1.807) is 42.5 Å². The Bertz CT molecular complexity index is 1320. The number of ether oxygens (including phenoxy) is 2. The van der Waals surface area contributed by atoms with Crippen molar-refractivity contribution in [3.63, 3.8) is 0 Å². The summed E-state index contributed by atoms with van der Waals surface area (Å²) in [4.78, 5) is -0.0118. The van der Waals surface area contributed by atoms with E-state index in [-0.39, 0.29) is 22.6 Å². The summed E-state index contributed by atoms with van der Waals surface area (Å²) < 4.78 is 46.4. The molecule has 5 atom stereocenters. The topological polar surface area (TPSA) is 159 Å². The summed E-state index contributed by atoms with van der Waals surface area (Å²) in [7, 11) is -4.12. The first-order valence-electron chi connectivity index (χ1n) is 10.5. The fourth-order valence-corrected chi connectivity index (χ4v) is 4.50. The number of benzene rings is 2. The van der Waals surface area contributed by atoms with E-state index in [1.165, 1.54) is 12.1 Å². The van der Waals surface area contributed by atoms with Gasteiger partial charge in [-0.2, -0.15) is 8.42 Å². The van der Waals surface area contributed by atoms with Gasteiger partial charge < -0.3 is 34.3 Å². The van der Waals surface area contributed by atoms with E-state index in [0.717, 1.165) is 5.56 Å². The van der Waals surface area contributed by atoms with Crippen LogP contribution in [0.1, 0.15) is 11.1 Å². The van der Waals surface area contributed by atoms with Gasteiger partial charge in [-0.25, -0.2) is 0 Å². The molecule has 2 aromatic carbocycles. The number of fused-ring (bicyclic) bond motifs is 1. The zero-order valence-electron chi connectivity index (χ0n) is 18.2. The van der Waals surface area contributed by atoms with Crippen molar-refractivity contribution in [2.24, 2.45) is 4.40 Å². The van der Waals surface area contributed by atoms with Crippen molar-refractivity contribution in [2.45, 2.75) is 49.1 Å². The van der Waals surface area contributed by atoms with E-state index in [4.69, 9.17) is 13.9 Å². The Hall–Kier alpha value is -2.64. The highest BCUT2D eigenvalue weighted by Crippen LogP contribution is 2.23. The van der Waals surface area contributed by atoms with Crippen molar-refractivity contribution in [2.75, 3.05) is 6.61 Å². The number of hydrogen-bond acceptors (Lipinski definition) is 9. The molecule has 34 heavy (non-hydrogen) atoms. The summed E-state index contributed by atoms with van der Waals surface area (Å²) in [5, 5.41) is 40.1. The molecule has 1 aliphatic heterocycles. The van der Waals surface area contributed by atoms with Crippen molar-refractivity contribution in [3.8, 4) is 0 Å². The van der Waals surface area contributed by atoms with Crippen LogP contribution < -0.4 is 5.55 Å². The van der Waals surface area contributed by atoms with Gasteiger partial charge in [-0.15, -0.1) is 4.40 Å². The van der Waals surface area contributed by atoms with Gasteiger partial charge >= 0.3 is 0 Å². The number of aliphatic hydroxyl groups is 4. The van der Waals surface area contributed by atoms with Crippen molar-refractivity contribution in [3.05, 3.63) is 71.3 Å². The first kappa shape index (κ1) is 24.5. The molecule has 4 N–H and O–H groups in total. The van der Waals surface area contributed by atoms with Gasteiger partial charge in [0.2, 0.25) is 5.55 Å². The van der Waals surface area contributed by atoms with Gasteiger partial charge in [-0.1, -0.05) is 35.9 Å². The highest BCUT2D eigenvalue weighted by molar-refractivity contribution is 7.90. The monoisotopic (exact) mass is 491 g/mol. The van der Waals surface area contributed by atoms with Crippen LogP contribution in [-0.4, -0.2) is 66.2 Å². The molecule has 0 unspecified atom stereocenters. The van der Waals surface area contributed by atoms with Gasteiger partial charge in [0, 0.05) is 10.9 Å². The van der Waals surface area contributed by atoms with E-state index in [0.29, 0.717) is 11.0 Å². The van der Waals surface area contributed by atoms with Gasteiger partial charge in [-0.3, -0.25) is 0 Å². The van der Waals surface area contributed by atoms with Crippen molar-refractivity contribution in [1.82, 2.24) is 0 Å². The summed E-state index contributed by atoms with van der Waals surface area (Å²) in [6.07, 6.45) is -7.28. The number of sulfonamides is 1. The first-order valence-corrected chi connectivity index (χ1v) is 11.9. The predicted octanol–water partition coefficient (Wildman–Crippen LogP) is 0.347. The van der Waals surface area contributed by atoms with Gasteiger partial charge in [0.15, 0.2) is 6.29 Å². The van der Waals surface area contributed by atoms with Crippen molar-refractivity contribution >= 4 is 21.0 Å². The summed E-state index contributed by atoms with van der Waals surface area (Å²) >= 11 is 0. The zero-order valence-corrected chi connectivity index (χ0v) is 19.0. The molecule has 1 aliphatic rings. The summed E-state index contributed by atoms with van der Waals surface area (Å²) in [5.74, 6) is 0. The van der Waals surface area contributed by atoms with Gasteiger partial charge in [0.25, 0.3) is 10.0 Å². The van der Waals surface area contributed by atoms with Crippen LogP contribution in [0.15, 0.2) is 68.3 Å². The minimum atomic E-state index is -4.12. The lowest BCUT2D eigenvalue weighted by atomic mass is 9.99. The fourth-order valence-electron chi connectivity index (χ4n) is 3.54. The molecular formula is C23H25NO9S.